The Balaban J connectivity index is 1.44. The highest BCUT2D eigenvalue weighted by molar-refractivity contribution is 5.77. The van der Waals surface area contributed by atoms with Crippen molar-refractivity contribution >= 4 is 0 Å². The van der Waals surface area contributed by atoms with Gasteiger partial charge in [0.15, 0.2) is 0 Å². The molecule has 2 aromatic carbocycles. The molecular formula is C32H22N4O. The lowest BCUT2D eigenvalue weighted by atomic mass is 10.0. The fourth-order valence-corrected chi connectivity index (χ4v) is 4.30. The fraction of sp³-hybridized carbons (Fsp3) is 0. The van der Waals surface area contributed by atoms with Gasteiger partial charge in [0, 0.05) is 47.0 Å². The van der Waals surface area contributed by atoms with Gasteiger partial charge in [-0.05, 0) is 77.9 Å². The van der Waals surface area contributed by atoms with Crippen LogP contribution in [0.15, 0.2) is 128 Å². The van der Waals surface area contributed by atoms with Crippen molar-refractivity contribution in [1.29, 1.82) is 0 Å². The summed E-state index contributed by atoms with van der Waals surface area (Å²) in [5.74, 6) is 0.245. The van der Waals surface area contributed by atoms with E-state index in [2.05, 4.69) is 16.0 Å². The van der Waals surface area contributed by atoms with Crippen LogP contribution in [0, 0.1) is 0 Å². The molecule has 0 saturated heterocycles. The molecule has 4 heterocycles. The highest BCUT2D eigenvalue weighted by Crippen LogP contribution is 2.31. The molecule has 4 aromatic heterocycles. The van der Waals surface area contributed by atoms with E-state index in [0.29, 0.717) is 0 Å². The van der Waals surface area contributed by atoms with Crippen molar-refractivity contribution in [2.45, 2.75) is 0 Å². The van der Waals surface area contributed by atoms with Gasteiger partial charge in [0.1, 0.15) is 5.75 Å². The second kappa shape index (κ2) is 9.84. The molecule has 0 aliphatic carbocycles. The van der Waals surface area contributed by atoms with Gasteiger partial charge in [-0.1, -0.05) is 36.4 Å². The topological polar surface area (TPSA) is 71.8 Å². The van der Waals surface area contributed by atoms with Crippen LogP contribution in [0.4, 0.5) is 0 Å². The molecule has 6 rings (SSSR count). The summed E-state index contributed by atoms with van der Waals surface area (Å²) >= 11 is 0. The monoisotopic (exact) mass is 478 g/mol. The minimum Gasteiger partial charge on any atom is -0.508 e. The molecule has 5 heteroatoms. The SMILES string of the molecule is Oc1cccc(-c2cccc(-c3cccc(-c4cc(-c5cccnc5)nc(-c5cccnc5)c4)n3)c2)c1. The predicted octanol–water partition coefficient (Wildman–Crippen LogP) is 7.31. The molecule has 1 N–H and O–H groups in total. The van der Waals surface area contributed by atoms with Crippen molar-refractivity contribution in [2.24, 2.45) is 0 Å². The van der Waals surface area contributed by atoms with Crippen LogP contribution in [0.25, 0.3) is 56.2 Å². The largest absolute Gasteiger partial charge is 0.508 e. The number of hydrogen-bond acceptors (Lipinski definition) is 5. The molecule has 0 atom stereocenters. The van der Waals surface area contributed by atoms with E-state index in [1.165, 1.54) is 0 Å². The Morgan fingerprint density at radius 2 is 0.919 bits per heavy atom. The maximum absolute atomic E-state index is 9.91. The first kappa shape index (κ1) is 22.3. The average molecular weight is 479 g/mol. The third kappa shape index (κ3) is 4.83. The maximum atomic E-state index is 9.91. The van der Waals surface area contributed by atoms with Crippen molar-refractivity contribution < 1.29 is 5.11 Å². The molecule has 5 nitrogen and oxygen atoms in total. The number of phenols is 1. The molecule has 176 valence electrons. The van der Waals surface area contributed by atoms with Crippen molar-refractivity contribution in [3.8, 4) is 61.9 Å². The molecule has 6 aromatic rings. The minimum atomic E-state index is 0.245. The summed E-state index contributed by atoms with van der Waals surface area (Å²) in [4.78, 5) is 18.5. The van der Waals surface area contributed by atoms with Gasteiger partial charge in [-0.15, -0.1) is 0 Å². The number of hydrogen-bond donors (Lipinski definition) is 1. The molecule has 0 bridgehead atoms. The molecule has 0 radical (unpaired) electrons. The molecule has 0 amide bonds. The van der Waals surface area contributed by atoms with Gasteiger partial charge >= 0.3 is 0 Å². The second-order valence-corrected chi connectivity index (χ2v) is 8.65. The molecule has 0 saturated carbocycles. The Bertz CT molecular complexity index is 1630. The number of benzene rings is 2. The quantitative estimate of drug-likeness (QED) is 0.281. The number of pyridine rings is 4. The molecule has 37 heavy (non-hydrogen) atoms. The Kier molecular flexibility index (Phi) is 5.93. The van der Waals surface area contributed by atoms with Crippen LogP contribution >= 0.6 is 0 Å². The lowest BCUT2D eigenvalue weighted by molar-refractivity contribution is 0.475. The highest BCUT2D eigenvalue weighted by Gasteiger charge is 2.11. The third-order valence-electron chi connectivity index (χ3n) is 6.12. The average Bonchev–Trinajstić information content (AvgIpc) is 2.98. The van der Waals surface area contributed by atoms with Crippen molar-refractivity contribution in [2.75, 3.05) is 0 Å². The van der Waals surface area contributed by atoms with E-state index in [1.54, 1.807) is 24.5 Å². The van der Waals surface area contributed by atoms with Gasteiger partial charge in [-0.3, -0.25) is 9.97 Å². The van der Waals surface area contributed by atoms with E-state index in [0.717, 1.165) is 56.2 Å². The Hall–Kier alpha value is -5.16. The third-order valence-corrected chi connectivity index (χ3v) is 6.12. The summed E-state index contributed by atoms with van der Waals surface area (Å²) in [6.45, 7) is 0. The van der Waals surface area contributed by atoms with Gasteiger partial charge in [-0.2, -0.15) is 0 Å². The molecule has 0 unspecified atom stereocenters. The van der Waals surface area contributed by atoms with Gasteiger partial charge in [0.05, 0.1) is 22.8 Å². The van der Waals surface area contributed by atoms with Gasteiger partial charge in [0.2, 0.25) is 0 Å². The number of aromatic hydroxyl groups is 1. The van der Waals surface area contributed by atoms with Crippen LogP contribution in [0.5, 0.6) is 5.75 Å². The maximum Gasteiger partial charge on any atom is 0.116 e. The predicted molar refractivity (Wildman–Crippen MR) is 146 cm³/mol. The standard InChI is InChI=1S/C32H22N4O/c37-28-11-2-7-23(17-28)22-6-1-8-24(16-22)29-12-3-13-30(35-29)27-18-31(25-9-4-14-33-20-25)36-32(19-27)26-10-5-15-34-21-26/h1-21,37H. The summed E-state index contributed by atoms with van der Waals surface area (Å²) in [5.41, 5.74) is 9.14. The van der Waals surface area contributed by atoms with Crippen molar-refractivity contribution in [3.63, 3.8) is 0 Å². The van der Waals surface area contributed by atoms with Crippen LogP contribution in [0.2, 0.25) is 0 Å². The zero-order valence-electron chi connectivity index (χ0n) is 19.9. The first-order valence-electron chi connectivity index (χ1n) is 11.9. The summed E-state index contributed by atoms with van der Waals surface area (Å²) in [5, 5.41) is 9.91. The smallest absolute Gasteiger partial charge is 0.116 e. The molecule has 0 aliphatic heterocycles. The lowest BCUT2D eigenvalue weighted by Gasteiger charge is -2.11. The molecule has 0 spiro atoms. The second-order valence-electron chi connectivity index (χ2n) is 8.65. The number of aromatic nitrogens is 4. The first-order chi connectivity index (χ1) is 18.2. The van der Waals surface area contributed by atoms with E-state index in [4.69, 9.17) is 9.97 Å². The summed E-state index contributed by atoms with van der Waals surface area (Å²) < 4.78 is 0. The Morgan fingerprint density at radius 3 is 1.54 bits per heavy atom. The fourth-order valence-electron chi connectivity index (χ4n) is 4.30. The zero-order valence-corrected chi connectivity index (χ0v) is 19.9. The first-order valence-corrected chi connectivity index (χ1v) is 11.9. The molecular weight excluding hydrogens is 456 g/mol. The summed E-state index contributed by atoms with van der Waals surface area (Å²) in [6.07, 6.45) is 7.14. The van der Waals surface area contributed by atoms with Crippen LogP contribution in [-0.2, 0) is 0 Å². The van der Waals surface area contributed by atoms with Gasteiger partial charge in [0.25, 0.3) is 0 Å². The van der Waals surface area contributed by atoms with E-state index in [9.17, 15) is 5.11 Å². The van der Waals surface area contributed by atoms with Gasteiger partial charge in [-0.25, -0.2) is 9.97 Å². The van der Waals surface area contributed by atoms with Crippen molar-refractivity contribution in [1.82, 2.24) is 19.9 Å². The normalized spacial score (nSPS) is 10.8. The lowest BCUT2D eigenvalue weighted by Crippen LogP contribution is -1.94. The minimum absolute atomic E-state index is 0.245. The summed E-state index contributed by atoms with van der Waals surface area (Å²) in [7, 11) is 0. The van der Waals surface area contributed by atoms with Crippen LogP contribution in [0.3, 0.4) is 0 Å². The van der Waals surface area contributed by atoms with Crippen LogP contribution in [-0.4, -0.2) is 25.0 Å². The van der Waals surface area contributed by atoms with Crippen LogP contribution in [0.1, 0.15) is 0 Å². The van der Waals surface area contributed by atoms with Crippen molar-refractivity contribution in [3.05, 3.63) is 128 Å². The number of nitrogens with zero attached hydrogens (tertiary/aromatic N) is 4. The van der Waals surface area contributed by atoms with E-state index in [-0.39, 0.29) is 5.75 Å². The molecule has 0 aliphatic rings. The Morgan fingerprint density at radius 1 is 0.405 bits per heavy atom. The van der Waals surface area contributed by atoms with E-state index in [1.807, 2.05) is 97.3 Å². The number of phenolic OH excluding ortho intramolecular Hbond substituents is 1. The van der Waals surface area contributed by atoms with Gasteiger partial charge < -0.3 is 5.11 Å². The molecule has 0 fully saturated rings. The van der Waals surface area contributed by atoms with E-state index >= 15 is 0 Å². The summed E-state index contributed by atoms with van der Waals surface area (Å²) in [6, 6.07) is 33.4. The Labute approximate surface area is 214 Å². The van der Waals surface area contributed by atoms with Crippen LogP contribution < -0.4 is 0 Å². The zero-order chi connectivity index (χ0) is 25.0. The van der Waals surface area contributed by atoms with E-state index < -0.39 is 0 Å². The number of rotatable bonds is 5. The highest BCUT2D eigenvalue weighted by atomic mass is 16.3.